The zero-order valence-electron chi connectivity index (χ0n) is 15.6. The van der Waals surface area contributed by atoms with E-state index in [-0.39, 0.29) is 11.8 Å². The molecular weight excluding hydrogens is 348 g/mol. The molecule has 3 N–H and O–H groups in total. The van der Waals surface area contributed by atoms with E-state index < -0.39 is 17.6 Å². The lowest BCUT2D eigenvalue weighted by atomic mass is 9.78. The van der Waals surface area contributed by atoms with Gasteiger partial charge >= 0.3 is 6.03 Å². The van der Waals surface area contributed by atoms with E-state index in [1.54, 1.807) is 13.3 Å². The second-order valence-corrected chi connectivity index (χ2v) is 7.70. The van der Waals surface area contributed by atoms with E-state index in [9.17, 15) is 14.4 Å². The molecule has 9 nitrogen and oxygen atoms in total. The average Bonchev–Trinajstić information content (AvgIpc) is 3.31. The fourth-order valence-corrected chi connectivity index (χ4v) is 5.04. The number of nitrogens with one attached hydrogen (secondary N) is 1. The van der Waals surface area contributed by atoms with Gasteiger partial charge in [-0.3, -0.25) is 9.59 Å². The van der Waals surface area contributed by atoms with Gasteiger partial charge in [0.25, 0.3) is 0 Å². The van der Waals surface area contributed by atoms with Crippen molar-refractivity contribution in [1.82, 2.24) is 24.7 Å². The molecule has 0 saturated carbocycles. The predicted molar refractivity (Wildman–Crippen MR) is 96.5 cm³/mol. The van der Waals surface area contributed by atoms with Crippen LogP contribution in [0.4, 0.5) is 4.79 Å². The summed E-state index contributed by atoms with van der Waals surface area (Å²) in [5.74, 6) is 0.00714. The molecule has 4 rings (SSSR count). The largest absolute Gasteiger partial charge is 0.351 e. The zero-order valence-corrected chi connectivity index (χ0v) is 15.6. The molecule has 1 spiro atoms. The van der Waals surface area contributed by atoms with E-state index in [0.29, 0.717) is 45.4 Å². The maximum atomic E-state index is 13.0. The summed E-state index contributed by atoms with van der Waals surface area (Å²) in [7, 11) is 0. The number of H-pyrrole nitrogens is 1. The number of likely N-dealkylation sites (tertiary alicyclic amines) is 2. The van der Waals surface area contributed by atoms with E-state index in [1.165, 1.54) is 4.90 Å². The number of rotatable bonds is 1. The highest BCUT2D eigenvalue weighted by atomic mass is 16.2. The predicted octanol–water partition coefficient (Wildman–Crippen LogP) is 0.175. The number of aromatic nitrogens is 2. The second kappa shape index (κ2) is 6.54. The van der Waals surface area contributed by atoms with Crippen molar-refractivity contribution in [1.29, 1.82) is 0 Å². The van der Waals surface area contributed by atoms with Gasteiger partial charge in [0.2, 0.25) is 11.8 Å². The Morgan fingerprint density at radius 1 is 1.22 bits per heavy atom. The highest BCUT2D eigenvalue weighted by Crippen LogP contribution is 2.42. The van der Waals surface area contributed by atoms with E-state index in [1.807, 2.05) is 9.80 Å². The third kappa shape index (κ3) is 2.76. The van der Waals surface area contributed by atoms with Crippen LogP contribution in [0.5, 0.6) is 0 Å². The number of imidazole rings is 1. The zero-order chi connectivity index (χ0) is 19.2. The minimum absolute atomic E-state index is 0.0337. The molecular formula is C18H26N6O3. The Balaban J connectivity index is 1.53. The van der Waals surface area contributed by atoms with Gasteiger partial charge in [-0.1, -0.05) is 0 Å². The number of piperidine rings is 1. The molecule has 4 amide bonds. The molecule has 3 aliphatic heterocycles. The first kappa shape index (κ1) is 17.8. The smallest absolute Gasteiger partial charge is 0.315 e. The maximum absolute atomic E-state index is 13.0. The number of hydrogen-bond donors (Lipinski definition) is 2. The molecule has 9 heteroatoms. The van der Waals surface area contributed by atoms with Crippen molar-refractivity contribution < 1.29 is 14.4 Å². The molecule has 27 heavy (non-hydrogen) atoms. The quantitative estimate of drug-likeness (QED) is 0.729. The van der Waals surface area contributed by atoms with Crippen LogP contribution in [-0.2, 0) is 21.5 Å². The van der Waals surface area contributed by atoms with Gasteiger partial charge in [-0.15, -0.1) is 0 Å². The molecule has 0 aliphatic carbocycles. The van der Waals surface area contributed by atoms with Crippen LogP contribution in [0.15, 0.2) is 6.33 Å². The number of primary amides is 1. The molecule has 3 aliphatic rings. The Labute approximate surface area is 157 Å². The van der Waals surface area contributed by atoms with Crippen molar-refractivity contribution in [3.05, 3.63) is 17.7 Å². The van der Waals surface area contributed by atoms with Crippen LogP contribution in [0.1, 0.15) is 44.0 Å². The van der Waals surface area contributed by atoms with Crippen molar-refractivity contribution >= 4 is 17.8 Å². The third-order valence-corrected chi connectivity index (χ3v) is 6.36. The first-order valence-corrected chi connectivity index (χ1v) is 9.60. The van der Waals surface area contributed by atoms with Crippen LogP contribution in [0.25, 0.3) is 0 Å². The summed E-state index contributed by atoms with van der Waals surface area (Å²) in [4.78, 5) is 49.8. The Morgan fingerprint density at radius 3 is 2.63 bits per heavy atom. The van der Waals surface area contributed by atoms with Gasteiger partial charge < -0.3 is 25.4 Å². The molecule has 0 unspecified atom stereocenters. The van der Waals surface area contributed by atoms with E-state index >= 15 is 0 Å². The van der Waals surface area contributed by atoms with Crippen molar-refractivity contribution in [2.24, 2.45) is 5.73 Å². The van der Waals surface area contributed by atoms with Gasteiger partial charge in [0.05, 0.1) is 17.6 Å². The number of urea groups is 1. The van der Waals surface area contributed by atoms with Crippen LogP contribution in [0.2, 0.25) is 0 Å². The van der Waals surface area contributed by atoms with Crippen LogP contribution >= 0.6 is 0 Å². The summed E-state index contributed by atoms with van der Waals surface area (Å²) < 4.78 is 0. The molecule has 1 aromatic heterocycles. The SMILES string of the molecule is CC(=O)N1CCc2[nH]cnc2C12CCN(C(=O)[C@@H]1CCCN1C(N)=O)CC2. The fraction of sp³-hybridized carbons (Fsp3) is 0.667. The molecule has 1 atom stereocenters. The normalized spacial score (nSPS) is 24.2. The second-order valence-electron chi connectivity index (χ2n) is 7.70. The van der Waals surface area contributed by atoms with E-state index in [2.05, 4.69) is 9.97 Å². The number of fused-ring (bicyclic) bond motifs is 2. The lowest BCUT2D eigenvalue weighted by Crippen LogP contribution is -2.60. The summed E-state index contributed by atoms with van der Waals surface area (Å²) in [5.41, 5.74) is 7.00. The molecule has 0 aromatic carbocycles. The number of hydrogen-bond acceptors (Lipinski definition) is 4. The number of amides is 4. The number of carbonyl (C=O) groups excluding carboxylic acids is 3. The van der Waals surface area contributed by atoms with Gasteiger partial charge in [0, 0.05) is 45.2 Å². The molecule has 2 fully saturated rings. The highest BCUT2D eigenvalue weighted by molar-refractivity contribution is 5.87. The summed E-state index contributed by atoms with van der Waals surface area (Å²) >= 11 is 0. The Kier molecular flexibility index (Phi) is 4.32. The number of carbonyl (C=O) groups is 3. The van der Waals surface area contributed by atoms with Gasteiger partial charge in [-0.2, -0.15) is 0 Å². The van der Waals surface area contributed by atoms with Gasteiger partial charge in [0.15, 0.2) is 0 Å². The molecule has 4 heterocycles. The molecule has 2 saturated heterocycles. The minimum atomic E-state index is -0.532. The monoisotopic (exact) mass is 374 g/mol. The van der Waals surface area contributed by atoms with E-state index in [0.717, 1.165) is 24.2 Å². The number of nitrogens with two attached hydrogens (primary N) is 1. The topological polar surface area (TPSA) is 116 Å². The van der Waals surface area contributed by atoms with Crippen LogP contribution < -0.4 is 5.73 Å². The van der Waals surface area contributed by atoms with Crippen molar-refractivity contribution in [3.63, 3.8) is 0 Å². The highest BCUT2D eigenvalue weighted by Gasteiger charge is 2.49. The van der Waals surface area contributed by atoms with Crippen LogP contribution in [0.3, 0.4) is 0 Å². The first-order chi connectivity index (χ1) is 12.9. The van der Waals surface area contributed by atoms with Gasteiger partial charge in [-0.05, 0) is 25.7 Å². The first-order valence-electron chi connectivity index (χ1n) is 9.60. The van der Waals surface area contributed by atoms with Crippen LogP contribution in [0, 0.1) is 0 Å². The summed E-state index contributed by atoms with van der Waals surface area (Å²) in [6.07, 6.45) is 5.23. The maximum Gasteiger partial charge on any atom is 0.315 e. The molecule has 1 aromatic rings. The number of aromatic amines is 1. The van der Waals surface area contributed by atoms with Crippen molar-refractivity contribution in [2.45, 2.75) is 50.6 Å². The van der Waals surface area contributed by atoms with E-state index in [4.69, 9.17) is 5.73 Å². The minimum Gasteiger partial charge on any atom is -0.351 e. The molecule has 0 bridgehead atoms. The summed E-state index contributed by atoms with van der Waals surface area (Å²) in [6.45, 7) is 3.88. The lowest BCUT2D eigenvalue weighted by Gasteiger charge is -2.50. The molecule has 146 valence electrons. The van der Waals surface area contributed by atoms with Crippen molar-refractivity contribution in [3.8, 4) is 0 Å². The standard InChI is InChI=1S/C18H26N6O3/c1-12(25)24-8-4-13-15(21-11-20-13)18(24)5-9-22(10-6-18)16(26)14-3-2-7-23(14)17(19)27/h11,14H,2-10H2,1H3,(H2,19,27)(H,20,21)/t14-/m0/s1. The number of nitrogens with zero attached hydrogens (tertiary/aromatic N) is 4. The average molecular weight is 374 g/mol. The Hall–Kier alpha value is -2.58. The fourth-order valence-electron chi connectivity index (χ4n) is 5.04. The van der Waals surface area contributed by atoms with Crippen molar-refractivity contribution in [2.75, 3.05) is 26.2 Å². The lowest BCUT2D eigenvalue weighted by molar-refractivity contribution is -0.144. The Morgan fingerprint density at radius 2 is 1.96 bits per heavy atom. The summed E-state index contributed by atoms with van der Waals surface area (Å²) in [5, 5.41) is 0. The van der Waals surface area contributed by atoms with Gasteiger partial charge in [-0.25, -0.2) is 9.78 Å². The van der Waals surface area contributed by atoms with Gasteiger partial charge in [0.1, 0.15) is 6.04 Å². The third-order valence-electron chi connectivity index (χ3n) is 6.36. The molecule has 0 radical (unpaired) electrons. The summed E-state index contributed by atoms with van der Waals surface area (Å²) in [6, 6.07) is -0.983. The Bertz CT molecular complexity index is 767. The van der Waals surface area contributed by atoms with Crippen LogP contribution in [-0.4, -0.2) is 74.7 Å².